The molecule has 1 unspecified atom stereocenters. The van der Waals surface area contributed by atoms with Crippen molar-refractivity contribution in [1.29, 1.82) is 0 Å². The highest BCUT2D eigenvalue weighted by atomic mass is 32.2. The van der Waals surface area contributed by atoms with Gasteiger partial charge in [0.25, 0.3) is 0 Å². The highest BCUT2D eigenvalue weighted by Gasteiger charge is 2.41. The lowest BCUT2D eigenvalue weighted by Gasteiger charge is -2.31. The van der Waals surface area contributed by atoms with Gasteiger partial charge in [-0.25, -0.2) is 4.79 Å². The van der Waals surface area contributed by atoms with E-state index in [9.17, 15) is 4.79 Å². The number of allylic oxidation sites excluding steroid dienone is 1. The van der Waals surface area contributed by atoms with E-state index < -0.39 is 4.08 Å². The van der Waals surface area contributed by atoms with Gasteiger partial charge in [-0.15, -0.1) is 23.5 Å². The first kappa shape index (κ1) is 12.0. The fourth-order valence-electron chi connectivity index (χ4n) is 1.40. The third kappa shape index (κ3) is 2.48. The van der Waals surface area contributed by atoms with Crippen molar-refractivity contribution in [2.75, 3.05) is 18.6 Å². The van der Waals surface area contributed by atoms with Crippen LogP contribution in [0.2, 0.25) is 0 Å². The molecule has 0 radical (unpaired) electrons. The normalized spacial score (nSPS) is 26.9. The Labute approximate surface area is 93.8 Å². The monoisotopic (exact) mass is 232 g/mol. The van der Waals surface area contributed by atoms with Crippen LogP contribution in [0.15, 0.2) is 11.6 Å². The van der Waals surface area contributed by atoms with Crippen LogP contribution in [0, 0.1) is 0 Å². The summed E-state index contributed by atoms with van der Waals surface area (Å²) in [5, 5.41) is 0. The Kier molecular flexibility index (Phi) is 4.38. The molecule has 0 saturated heterocycles. The molecular formula is C10H16O2S2. The average molecular weight is 232 g/mol. The Hall–Kier alpha value is -0.0900. The van der Waals surface area contributed by atoms with Crippen molar-refractivity contribution in [3.63, 3.8) is 0 Å². The standard InChI is InChI=1S/C10H16O2S2/c1-4-12-9(11)10(13-3)7-8(2)5-6-14-10/h5H,4,6-7H2,1-3H3. The van der Waals surface area contributed by atoms with Crippen molar-refractivity contribution in [3.05, 3.63) is 11.6 Å². The molecule has 0 aromatic heterocycles. The molecule has 2 nitrogen and oxygen atoms in total. The second-order valence-electron chi connectivity index (χ2n) is 3.22. The highest BCUT2D eigenvalue weighted by molar-refractivity contribution is 8.19. The maximum atomic E-state index is 11.8. The minimum absolute atomic E-state index is 0.0787. The fourth-order valence-corrected chi connectivity index (χ4v) is 3.81. The second kappa shape index (κ2) is 5.12. The summed E-state index contributed by atoms with van der Waals surface area (Å²) in [6, 6.07) is 0. The van der Waals surface area contributed by atoms with Crippen molar-refractivity contribution in [3.8, 4) is 0 Å². The molecule has 1 aliphatic heterocycles. The number of hydrogen-bond donors (Lipinski definition) is 0. The van der Waals surface area contributed by atoms with Gasteiger partial charge in [0.2, 0.25) is 0 Å². The maximum Gasteiger partial charge on any atom is 0.332 e. The van der Waals surface area contributed by atoms with E-state index >= 15 is 0 Å². The molecule has 1 heterocycles. The Balaban J connectivity index is 2.76. The zero-order valence-electron chi connectivity index (χ0n) is 8.83. The van der Waals surface area contributed by atoms with Crippen LogP contribution in [0.1, 0.15) is 20.3 Å². The Morgan fingerprint density at radius 2 is 2.50 bits per heavy atom. The molecule has 0 saturated carbocycles. The quantitative estimate of drug-likeness (QED) is 0.552. The molecule has 1 rings (SSSR count). The van der Waals surface area contributed by atoms with Gasteiger partial charge in [0.05, 0.1) is 6.61 Å². The summed E-state index contributed by atoms with van der Waals surface area (Å²) in [6.45, 7) is 4.39. The zero-order chi connectivity index (χ0) is 10.6. The van der Waals surface area contributed by atoms with E-state index in [4.69, 9.17) is 4.74 Å². The molecule has 0 N–H and O–H groups in total. The summed E-state index contributed by atoms with van der Waals surface area (Å²) in [5.74, 6) is 0.829. The minimum Gasteiger partial charge on any atom is -0.464 e. The number of carbonyl (C=O) groups excluding carboxylic acids is 1. The average Bonchev–Trinajstić information content (AvgIpc) is 2.18. The molecule has 0 fully saturated rings. The van der Waals surface area contributed by atoms with Crippen molar-refractivity contribution in [2.45, 2.75) is 24.3 Å². The van der Waals surface area contributed by atoms with E-state index in [1.807, 2.05) is 13.2 Å². The molecule has 0 aromatic carbocycles. The van der Waals surface area contributed by atoms with E-state index in [1.165, 1.54) is 5.57 Å². The fraction of sp³-hybridized carbons (Fsp3) is 0.700. The number of thioether (sulfide) groups is 2. The van der Waals surface area contributed by atoms with Crippen molar-refractivity contribution in [1.82, 2.24) is 0 Å². The van der Waals surface area contributed by atoms with Crippen LogP contribution >= 0.6 is 23.5 Å². The van der Waals surface area contributed by atoms with Crippen LogP contribution in [-0.4, -0.2) is 28.7 Å². The predicted molar refractivity (Wildman–Crippen MR) is 63.7 cm³/mol. The van der Waals surface area contributed by atoms with E-state index in [-0.39, 0.29) is 5.97 Å². The van der Waals surface area contributed by atoms with Crippen LogP contribution in [0.5, 0.6) is 0 Å². The van der Waals surface area contributed by atoms with E-state index in [2.05, 4.69) is 13.0 Å². The molecule has 14 heavy (non-hydrogen) atoms. The molecule has 4 heteroatoms. The largest absolute Gasteiger partial charge is 0.464 e. The molecule has 0 aromatic rings. The van der Waals surface area contributed by atoms with Crippen molar-refractivity contribution >= 4 is 29.5 Å². The molecule has 1 aliphatic rings. The molecule has 1 atom stereocenters. The highest BCUT2D eigenvalue weighted by Crippen LogP contribution is 2.44. The van der Waals surface area contributed by atoms with Gasteiger partial charge in [-0.05, 0) is 20.1 Å². The third-order valence-electron chi connectivity index (χ3n) is 2.18. The van der Waals surface area contributed by atoms with Crippen molar-refractivity contribution < 1.29 is 9.53 Å². The summed E-state index contributed by atoms with van der Waals surface area (Å²) in [6.07, 6.45) is 4.96. The Morgan fingerprint density at radius 1 is 1.79 bits per heavy atom. The van der Waals surface area contributed by atoms with Gasteiger partial charge in [0, 0.05) is 12.2 Å². The smallest absolute Gasteiger partial charge is 0.332 e. The third-order valence-corrected chi connectivity index (χ3v) is 5.11. The molecular weight excluding hydrogens is 216 g/mol. The van der Waals surface area contributed by atoms with Crippen molar-refractivity contribution in [2.24, 2.45) is 0 Å². The summed E-state index contributed by atoms with van der Waals surface area (Å²) in [5.41, 5.74) is 1.28. The zero-order valence-corrected chi connectivity index (χ0v) is 10.5. The Bertz CT molecular complexity index is 251. The summed E-state index contributed by atoms with van der Waals surface area (Å²) < 4.78 is 4.72. The Morgan fingerprint density at radius 3 is 3.00 bits per heavy atom. The lowest BCUT2D eigenvalue weighted by molar-refractivity contribution is -0.143. The van der Waals surface area contributed by atoms with E-state index in [0.29, 0.717) is 6.61 Å². The summed E-state index contributed by atoms with van der Waals surface area (Å²) in [7, 11) is 0. The molecule has 0 bridgehead atoms. The predicted octanol–water partition coefficient (Wildman–Crippen LogP) is 2.69. The number of ether oxygens (including phenoxy) is 1. The first-order valence-corrected chi connectivity index (χ1v) is 6.87. The van der Waals surface area contributed by atoms with Gasteiger partial charge in [-0.3, -0.25) is 0 Å². The number of rotatable bonds is 3. The maximum absolute atomic E-state index is 11.8. The van der Waals surface area contributed by atoms with Crippen LogP contribution in [-0.2, 0) is 9.53 Å². The van der Waals surface area contributed by atoms with E-state index in [0.717, 1.165) is 12.2 Å². The van der Waals surface area contributed by atoms with Gasteiger partial charge in [0.15, 0.2) is 4.08 Å². The molecule has 0 aliphatic carbocycles. The summed E-state index contributed by atoms with van der Waals surface area (Å²) >= 11 is 3.27. The molecule has 80 valence electrons. The first-order valence-electron chi connectivity index (χ1n) is 4.66. The van der Waals surface area contributed by atoms with Gasteiger partial charge < -0.3 is 4.74 Å². The van der Waals surface area contributed by atoms with Gasteiger partial charge >= 0.3 is 5.97 Å². The summed E-state index contributed by atoms with van der Waals surface area (Å²) in [4.78, 5) is 11.8. The first-order chi connectivity index (χ1) is 6.64. The van der Waals surface area contributed by atoms with E-state index in [1.54, 1.807) is 23.5 Å². The lowest BCUT2D eigenvalue weighted by Crippen LogP contribution is -2.35. The van der Waals surface area contributed by atoms with Crippen LogP contribution in [0.3, 0.4) is 0 Å². The number of carbonyl (C=O) groups is 1. The minimum atomic E-state index is -0.394. The van der Waals surface area contributed by atoms with Gasteiger partial charge in [0.1, 0.15) is 0 Å². The van der Waals surface area contributed by atoms with Crippen LogP contribution < -0.4 is 0 Å². The van der Waals surface area contributed by atoms with Crippen LogP contribution in [0.4, 0.5) is 0 Å². The van der Waals surface area contributed by atoms with Crippen LogP contribution in [0.25, 0.3) is 0 Å². The van der Waals surface area contributed by atoms with Gasteiger partial charge in [-0.2, -0.15) is 0 Å². The topological polar surface area (TPSA) is 26.3 Å². The lowest BCUT2D eigenvalue weighted by atomic mass is 10.1. The van der Waals surface area contributed by atoms with Gasteiger partial charge in [-0.1, -0.05) is 11.6 Å². The number of hydrogen-bond acceptors (Lipinski definition) is 4. The SMILES string of the molecule is CCOC(=O)C1(SC)CC(C)=CCS1. The second-order valence-corrected chi connectivity index (χ2v) is 5.90. The molecule has 0 amide bonds. The molecule has 0 spiro atoms. The number of esters is 1.